The van der Waals surface area contributed by atoms with Gasteiger partial charge in [0.05, 0.1) is 17.8 Å². The smallest absolute Gasteiger partial charge is 0.306 e. The molecule has 2 unspecified atom stereocenters. The molecule has 1 saturated carbocycles. The number of hydrogen-bond acceptors (Lipinski definition) is 4. The summed E-state index contributed by atoms with van der Waals surface area (Å²) in [6.07, 6.45) is 2.94. The Kier molecular flexibility index (Phi) is 4.05. The van der Waals surface area contributed by atoms with Gasteiger partial charge < -0.3 is 10.4 Å². The van der Waals surface area contributed by atoms with Crippen molar-refractivity contribution in [3.63, 3.8) is 0 Å². The van der Waals surface area contributed by atoms with Gasteiger partial charge >= 0.3 is 5.97 Å². The Hall–Kier alpha value is -2.77. The number of aromatic nitrogens is 3. The van der Waals surface area contributed by atoms with E-state index in [0.29, 0.717) is 24.9 Å². The molecule has 1 aromatic heterocycles. The first-order chi connectivity index (χ1) is 11.0. The molecular formula is C15H15FN4O3. The van der Waals surface area contributed by atoms with E-state index < -0.39 is 17.8 Å². The normalized spacial score (nSPS) is 20.4. The molecule has 0 saturated heterocycles. The molecule has 0 radical (unpaired) electrons. The van der Waals surface area contributed by atoms with E-state index in [1.165, 1.54) is 35.3 Å². The van der Waals surface area contributed by atoms with Gasteiger partial charge in [0.15, 0.2) is 5.69 Å². The number of carbonyl (C=O) groups excluding carboxylic acids is 1. The molecule has 23 heavy (non-hydrogen) atoms. The Bertz CT molecular complexity index is 729. The zero-order valence-corrected chi connectivity index (χ0v) is 12.1. The number of hydrogen-bond donors (Lipinski definition) is 2. The first-order valence-electron chi connectivity index (χ1n) is 7.25. The molecule has 1 aromatic carbocycles. The van der Waals surface area contributed by atoms with Crippen LogP contribution >= 0.6 is 0 Å². The standard InChI is InChI=1S/C15H15FN4O3/c16-10-2-5-12(6-3-10)20-17-8-13(19-20)14(21)18-11-4-1-9(7-11)15(22)23/h2-3,5-6,8-9,11H,1,4,7H2,(H,18,21)(H,22,23). The zero-order chi connectivity index (χ0) is 16.4. The summed E-state index contributed by atoms with van der Waals surface area (Å²) in [5.41, 5.74) is 0.672. The van der Waals surface area contributed by atoms with Gasteiger partial charge in [0.1, 0.15) is 5.82 Å². The van der Waals surface area contributed by atoms with Gasteiger partial charge in [-0.25, -0.2) is 4.39 Å². The van der Waals surface area contributed by atoms with Crippen molar-refractivity contribution in [3.05, 3.63) is 42.0 Å². The van der Waals surface area contributed by atoms with Gasteiger partial charge in [0, 0.05) is 6.04 Å². The van der Waals surface area contributed by atoms with Crippen LogP contribution in [0, 0.1) is 11.7 Å². The van der Waals surface area contributed by atoms with Crippen LogP contribution in [0.1, 0.15) is 29.8 Å². The Balaban J connectivity index is 1.65. The van der Waals surface area contributed by atoms with Crippen molar-refractivity contribution < 1.29 is 19.1 Å². The fourth-order valence-corrected chi connectivity index (χ4v) is 2.66. The fraction of sp³-hybridized carbons (Fsp3) is 0.333. The van der Waals surface area contributed by atoms with Gasteiger partial charge in [0.2, 0.25) is 0 Å². The maximum atomic E-state index is 12.9. The van der Waals surface area contributed by atoms with Gasteiger partial charge in [-0.1, -0.05) is 0 Å². The van der Waals surface area contributed by atoms with Gasteiger partial charge in [0.25, 0.3) is 5.91 Å². The molecule has 7 nitrogen and oxygen atoms in total. The second-order valence-corrected chi connectivity index (χ2v) is 5.51. The van der Waals surface area contributed by atoms with Crippen molar-refractivity contribution in [2.24, 2.45) is 5.92 Å². The van der Waals surface area contributed by atoms with E-state index >= 15 is 0 Å². The molecule has 0 bridgehead atoms. The summed E-state index contributed by atoms with van der Waals surface area (Å²) >= 11 is 0. The third kappa shape index (κ3) is 3.36. The SMILES string of the molecule is O=C(NC1CCC(C(=O)O)C1)c1cnn(-c2ccc(F)cc2)n1. The van der Waals surface area contributed by atoms with Crippen LogP contribution in [0.15, 0.2) is 30.5 Å². The first kappa shape index (κ1) is 15.1. The van der Waals surface area contributed by atoms with Crippen LogP contribution in [-0.2, 0) is 4.79 Å². The number of benzene rings is 1. The number of carbonyl (C=O) groups is 2. The minimum absolute atomic E-state index is 0.133. The van der Waals surface area contributed by atoms with Crippen LogP contribution in [-0.4, -0.2) is 38.0 Å². The number of carboxylic acid groups (broad SMARTS) is 1. The maximum Gasteiger partial charge on any atom is 0.306 e. The predicted octanol–water partition coefficient (Wildman–Crippen LogP) is 1.39. The summed E-state index contributed by atoms with van der Waals surface area (Å²) in [6.45, 7) is 0. The second kappa shape index (κ2) is 6.15. The summed E-state index contributed by atoms with van der Waals surface area (Å²) < 4.78 is 12.9. The van der Waals surface area contributed by atoms with E-state index in [1.54, 1.807) is 0 Å². The van der Waals surface area contributed by atoms with Crippen LogP contribution in [0.25, 0.3) is 5.69 Å². The third-order valence-corrected chi connectivity index (χ3v) is 3.90. The summed E-state index contributed by atoms with van der Waals surface area (Å²) in [6, 6.07) is 5.41. The number of aliphatic carboxylic acids is 1. The molecule has 1 heterocycles. The number of rotatable bonds is 4. The van der Waals surface area contributed by atoms with E-state index in [2.05, 4.69) is 15.5 Å². The molecule has 2 N–H and O–H groups in total. The van der Waals surface area contributed by atoms with Crippen LogP contribution < -0.4 is 5.32 Å². The summed E-state index contributed by atoms with van der Waals surface area (Å²) in [5, 5.41) is 19.8. The van der Waals surface area contributed by atoms with Gasteiger partial charge in [-0.2, -0.15) is 9.90 Å². The minimum atomic E-state index is -0.830. The van der Waals surface area contributed by atoms with Gasteiger partial charge in [-0.05, 0) is 43.5 Å². The van der Waals surface area contributed by atoms with Gasteiger partial charge in [-0.15, -0.1) is 5.10 Å². The molecule has 3 rings (SSSR count). The lowest BCUT2D eigenvalue weighted by Crippen LogP contribution is -2.33. The van der Waals surface area contributed by atoms with Crippen molar-refractivity contribution in [2.45, 2.75) is 25.3 Å². The first-order valence-corrected chi connectivity index (χ1v) is 7.25. The highest BCUT2D eigenvalue weighted by Crippen LogP contribution is 2.25. The van der Waals surface area contributed by atoms with Crippen molar-refractivity contribution in [3.8, 4) is 5.69 Å². The molecule has 0 aliphatic heterocycles. The van der Waals surface area contributed by atoms with E-state index in [4.69, 9.17) is 5.11 Å². The topological polar surface area (TPSA) is 97.1 Å². The summed E-state index contributed by atoms with van der Waals surface area (Å²) in [5.74, 6) is -2.00. The highest BCUT2D eigenvalue weighted by atomic mass is 19.1. The Morgan fingerprint density at radius 3 is 2.65 bits per heavy atom. The largest absolute Gasteiger partial charge is 0.481 e. The molecule has 1 amide bonds. The number of halogens is 1. The van der Waals surface area contributed by atoms with Crippen LogP contribution in [0.2, 0.25) is 0 Å². The van der Waals surface area contributed by atoms with Crippen molar-refractivity contribution in [1.29, 1.82) is 0 Å². The van der Waals surface area contributed by atoms with E-state index in [9.17, 15) is 14.0 Å². The summed E-state index contributed by atoms with van der Waals surface area (Å²) in [4.78, 5) is 24.3. The molecule has 1 fully saturated rings. The second-order valence-electron chi connectivity index (χ2n) is 5.51. The van der Waals surface area contributed by atoms with E-state index in [1.807, 2.05) is 0 Å². The predicted molar refractivity (Wildman–Crippen MR) is 77.5 cm³/mol. The monoisotopic (exact) mass is 318 g/mol. The fourth-order valence-electron chi connectivity index (χ4n) is 2.66. The molecule has 2 atom stereocenters. The third-order valence-electron chi connectivity index (χ3n) is 3.90. The van der Waals surface area contributed by atoms with Crippen LogP contribution in [0.3, 0.4) is 0 Å². The lowest BCUT2D eigenvalue weighted by atomic mass is 10.1. The number of carboxylic acids is 1. The molecule has 0 spiro atoms. The van der Waals surface area contributed by atoms with E-state index in [0.717, 1.165) is 0 Å². The van der Waals surface area contributed by atoms with Crippen molar-refractivity contribution in [1.82, 2.24) is 20.3 Å². The molecule has 8 heteroatoms. The van der Waals surface area contributed by atoms with Crippen molar-refractivity contribution in [2.75, 3.05) is 0 Å². The average Bonchev–Trinajstić information content (AvgIpc) is 3.17. The molecule has 1 aliphatic rings. The summed E-state index contributed by atoms with van der Waals surface area (Å²) in [7, 11) is 0. The lowest BCUT2D eigenvalue weighted by Gasteiger charge is -2.10. The Morgan fingerprint density at radius 2 is 2.00 bits per heavy atom. The quantitative estimate of drug-likeness (QED) is 0.888. The number of nitrogens with one attached hydrogen (secondary N) is 1. The molecule has 1 aliphatic carbocycles. The highest BCUT2D eigenvalue weighted by molar-refractivity contribution is 5.92. The minimum Gasteiger partial charge on any atom is -0.481 e. The van der Waals surface area contributed by atoms with E-state index in [-0.39, 0.29) is 17.6 Å². The Morgan fingerprint density at radius 1 is 1.26 bits per heavy atom. The number of nitrogens with zero attached hydrogens (tertiary/aromatic N) is 3. The van der Waals surface area contributed by atoms with Crippen molar-refractivity contribution >= 4 is 11.9 Å². The average molecular weight is 318 g/mol. The van der Waals surface area contributed by atoms with Crippen LogP contribution in [0.4, 0.5) is 4.39 Å². The lowest BCUT2D eigenvalue weighted by molar-refractivity contribution is -0.141. The highest BCUT2D eigenvalue weighted by Gasteiger charge is 2.31. The van der Waals surface area contributed by atoms with Crippen LogP contribution in [0.5, 0.6) is 0 Å². The molecule has 120 valence electrons. The molecule has 2 aromatic rings. The zero-order valence-electron chi connectivity index (χ0n) is 12.1. The van der Waals surface area contributed by atoms with Gasteiger partial charge in [-0.3, -0.25) is 9.59 Å². The number of amides is 1. The Labute approximate surface area is 131 Å². The molecular weight excluding hydrogens is 303 g/mol. The maximum absolute atomic E-state index is 12.9.